The maximum atomic E-state index is 5.71. The van der Waals surface area contributed by atoms with Gasteiger partial charge in [0.05, 0.1) is 19.8 Å². The molecule has 7 heteroatoms. The molecule has 0 bridgehead atoms. The van der Waals surface area contributed by atoms with Crippen molar-refractivity contribution >= 4 is 0 Å². The van der Waals surface area contributed by atoms with Gasteiger partial charge in [-0.25, -0.2) is 0 Å². The minimum absolute atomic E-state index is 0.256. The van der Waals surface area contributed by atoms with Crippen LogP contribution in [-0.2, 0) is 18.9 Å². The van der Waals surface area contributed by atoms with Gasteiger partial charge in [-0.3, -0.25) is 0 Å². The van der Waals surface area contributed by atoms with E-state index in [2.05, 4.69) is 478 Å². The van der Waals surface area contributed by atoms with Crippen LogP contribution in [0.2, 0.25) is 0 Å². The second kappa shape index (κ2) is 65.0. The molecule has 2 N–H and O–H groups in total. The van der Waals surface area contributed by atoms with Gasteiger partial charge in [-0.05, 0) is 313 Å². The van der Waals surface area contributed by atoms with Gasteiger partial charge >= 0.3 is 0 Å². The molecule has 0 atom stereocenters. The largest absolute Gasteiger partial charge is 0.381 e. The Hall–Kier alpha value is -0.540. The van der Waals surface area contributed by atoms with Crippen molar-refractivity contribution in [2.75, 3.05) is 79.5 Å². The van der Waals surface area contributed by atoms with Crippen molar-refractivity contribution in [3.05, 3.63) is 12.2 Å². The number of nitrogens with zero attached hydrogens (tertiary/aromatic N) is 1. The first-order valence-corrected chi connectivity index (χ1v) is 54.7. The van der Waals surface area contributed by atoms with Crippen LogP contribution in [0.1, 0.15) is 597 Å². The molecule has 0 saturated carbocycles. The third-order valence-electron chi connectivity index (χ3n) is 27.6. The van der Waals surface area contributed by atoms with Crippen LogP contribution in [0.4, 0.5) is 0 Å². The summed E-state index contributed by atoms with van der Waals surface area (Å²) in [6.45, 7) is 158. The fourth-order valence-corrected chi connectivity index (χ4v) is 11.7. The Morgan fingerprint density at radius 3 is 0.614 bits per heavy atom. The van der Waals surface area contributed by atoms with Gasteiger partial charge in [-0.1, -0.05) is 431 Å². The smallest absolute Gasteiger partial charge is 0.0514 e. The molecule has 0 aliphatic heterocycles. The Bertz CT molecular complexity index is 2480. The van der Waals surface area contributed by atoms with Crippen LogP contribution in [0.15, 0.2) is 12.2 Å². The molecular weight excluding hydrogens is 1610 g/mol. The molecule has 132 heavy (non-hydrogen) atoms. The Kier molecular flexibility index (Phi) is 73.4. The van der Waals surface area contributed by atoms with Gasteiger partial charge in [0.1, 0.15) is 0 Å². The van der Waals surface area contributed by atoms with Gasteiger partial charge in [0, 0.05) is 49.7 Å². The van der Waals surface area contributed by atoms with Crippen molar-refractivity contribution in [3.63, 3.8) is 0 Å². The number of nitrogens with one attached hydrogen (secondary N) is 2. The van der Waals surface area contributed by atoms with E-state index in [9.17, 15) is 0 Å². The number of hydrogen-bond donors (Lipinski definition) is 2. The second-order valence-electron chi connectivity index (χ2n) is 64.6. The fraction of sp³-hybridized carbons (Fsp3) is 0.984. The lowest BCUT2D eigenvalue weighted by molar-refractivity contribution is 0.0507. The molecule has 0 saturated heterocycles. The quantitative estimate of drug-likeness (QED) is 0.0470. The molecule has 0 fully saturated rings. The van der Waals surface area contributed by atoms with Crippen LogP contribution in [0.5, 0.6) is 0 Å². The molecule has 0 aromatic heterocycles. The number of hydrogen-bond acceptors (Lipinski definition) is 7. The van der Waals surface area contributed by atoms with E-state index in [4.69, 9.17) is 18.9 Å². The van der Waals surface area contributed by atoms with Crippen molar-refractivity contribution in [1.82, 2.24) is 15.5 Å². The second-order valence-corrected chi connectivity index (χ2v) is 64.6. The summed E-state index contributed by atoms with van der Waals surface area (Å²) in [5, 5.41) is 7.10. The average Bonchev–Trinajstić information content (AvgIpc) is 0.857. The van der Waals surface area contributed by atoms with Crippen molar-refractivity contribution in [2.24, 2.45) is 108 Å². The monoisotopic (exact) mass is 1880 g/mol. The van der Waals surface area contributed by atoms with E-state index in [1.54, 1.807) is 0 Å². The highest BCUT2D eigenvalue weighted by molar-refractivity contribution is 4.91. The standard InChI is InChI=1S/2C16H35N.C16H34.C15H32O.C14H31N.3C12H26O.C12H24/c1-14(2,3)16(7,8)12-10-11-13-17(9)15(4,5)6;1-14(2,3)16(7,8)12-10-9-11-13-17-15(4,5)6;1-14(2,3)12-10-9-11-13-16(7,8)15(4,5)6;1-13(2,3)12-16-11-9-10-15(7,8)14(4,5)6;1-12(2,3)14(7,8)10-9-11-15-13(4,5)6;1-11(2,3)7-9-13-10-8-12(4,5)6;2*1-11(2,3)8-7-9-13-10-12(4,5)6;1-11(2,3)9-7-8-10-12(4,5)6/h10-13H2,1-9H3;17H,9-13H2,1-8H3;9-13H2,1-8H3;9-12H2,1-8H3;15H,9-11H2,1-8H3;3*7-10H2,1-6H3;7-8H,9-10H2,1-6H3/b;;;;;;;;8-7+. The van der Waals surface area contributed by atoms with E-state index in [0.29, 0.717) is 114 Å². The first-order chi connectivity index (χ1) is 57.5. The third-order valence-corrected chi connectivity index (χ3v) is 27.6. The molecule has 0 aliphatic rings. The molecule has 808 valence electrons. The fourth-order valence-electron chi connectivity index (χ4n) is 11.7. The summed E-state index contributed by atoms with van der Waals surface area (Å²) in [5.74, 6) is 0. The van der Waals surface area contributed by atoms with Gasteiger partial charge in [0.15, 0.2) is 0 Å². The number of unbranched alkanes of at least 4 members (excludes halogenated alkanes) is 5. The lowest BCUT2D eigenvalue weighted by Gasteiger charge is -2.39. The summed E-state index contributed by atoms with van der Waals surface area (Å²) >= 11 is 0. The highest BCUT2D eigenvalue weighted by Crippen LogP contribution is 2.46. The number of rotatable bonds is 39. The van der Waals surface area contributed by atoms with E-state index < -0.39 is 0 Å². The zero-order valence-electron chi connectivity index (χ0n) is 105. The summed E-state index contributed by atoms with van der Waals surface area (Å²) in [7, 11) is 2.23. The molecule has 0 amide bonds. The van der Waals surface area contributed by atoms with Gasteiger partial charge < -0.3 is 34.5 Å². The minimum Gasteiger partial charge on any atom is -0.381 e. The molecule has 0 aromatic carbocycles. The SMILES string of the molecule is CC(C)(C)C/C=C/CC(C)(C)C.CC(C)(C)CCCCCC(C)(C)C(C)(C)C.CC(C)(C)CCCOCC(C)(C)C.CC(C)(C)CCCOCC(C)(C)C.CC(C)(C)CCOCCC(C)(C)C.CC(C)(C)COCCCC(C)(C)C(C)(C)C.CC(C)(C)NCCCC(C)(C)C(C)(C)C.CC(C)(C)NCCCCCC(C)(C)C(C)(C)C.CN(CCCCC(C)(C)C(C)(C)C)C(C)(C)C. The zero-order chi connectivity index (χ0) is 107. The van der Waals surface area contributed by atoms with Crippen LogP contribution < -0.4 is 10.6 Å². The van der Waals surface area contributed by atoms with Crippen LogP contribution >= 0.6 is 0 Å². The van der Waals surface area contributed by atoms with Gasteiger partial charge in [0.2, 0.25) is 0 Å². The summed E-state index contributed by atoms with van der Waals surface area (Å²) < 4.78 is 22.5. The highest BCUT2D eigenvalue weighted by atomic mass is 16.5. The number of ether oxygens (including phenoxy) is 4. The first-order valence-electron chi connectivity index (χ1n) is 54.7. The maximum Gasteiger partial charge on any atom is 0.0514 e. The van der Waals surface area contributed by atoms with Crippen molar-refractivity contribution in [2.45, 2.75) is 614 Å². The van der Waals surface area contributed by atoms with E-state index in [1.165, 1.54) is 148 Å². The Morgan fingerprint density at radius 2 is 0.394 bits per heavy atom. The zero-order valence-corrected chi connectivity index (χ0v) is 105. The van der Waals surface area contributed by atoms with Crippen molar-refractivity contribution < 1.29 is 18.9 Å². The number of allylic oxidation sites excluding steroid dienone is 2. The summed E-state index contributed by atoms with van der Waals surface area (Å²) in [5.41, 5.74) is 9.01. The summed E-state index contributed by atoms with van der Waals surface area (Å²) in [6, 6.07) is 0. The summed E-state index contributed by atoms with van der Waals surface area (Å²) in [4.78, 5) is 2.46. The maximum absolute atomic E-state index is 5.71. The van der Waals surface area contributed by atoms with E-state index in [0.717, 1.165) is 78.8 Å². The molecule has 0 radical (unpaired) electrons. The topological polar surface area (TPSA) is 64.2 Å². The van der Waals surface area contributed by atoms with Crippen molar-refractivity contribution in [1.29, 1.82) is 0 Å². The van der Waals surface area contributed by atoms with Crippen LogP contribution in [-0.4, -0.2) is 101 Å². The molecule has 7 nitrogen and oxygen atoms in total. The molecule has 0 unspecified atom stereocenters. The molecule has 0 rings (SSSR count). The van der Waals surface area contributed by atoms with Crippen LogP contribution in [0, 0.1) is 108 Å². The lowest BCUT2D eigenvalue weighted by atomic mass is 9.66. The summed E-state index contributed by atoms with van der Waals surface area (Å²) in [6.07, 6.45) is 35.3. The molecule has 0 heterocycles. The molecule has 0 aliphatic carbocycles. The van der Waals surface area contributed by atoms with E-state index >= 15 is 0 Å². The van der Waals surface area contributed by atoms with Gasteiger partial charge in [0.25, 0.3) is 0 Å². The molecule has 0 spiro atoms. The predicted molar refractivity (Wildman–Crippen MR) is 612 cm³/mol. The normalized spacial score (nSPS) is 14.0. The van der Waals surface area contributed by atoms with E-state index in [1.807, 2.05) is 0 Å². The van der Waals surface area contributed by atoms with Gasteiger partial charge in [-0.15, -0.1) is 0 Å². The Morgan fingerprint density at radius 1 is 0.189 bits per heavy atom. The minimum atomic E-state index is 0.256. The van der Waals surface area contributed by atoms with Crippen LogP contribution in [0.3, 0.4) is 0 Å². The van der Waals surface area contributed by atoms with Crippen molar-refractivity contribution in [3.8, 4) is 0 Å². The van der Waals surface area contributed by atoms with Gasteiger partial charge in [-0.2, -0.15) is 0 Å². The predicted octanol–water partition coefficient (Wildman–Crippen LogP) is 41.2. The van der Waals surface area contributed by atoms with Crippen LogP contribution in [0.25, 0.3) is 0 Å². The highest BCUT2D eigenvalue weighted by Gasteiger charge is 2.37. The first kappa shape index (κ1) is 149. The Balaban J connectivity index is -0.000000185. The lowest BCUT2D eigenvalue weighted by Crippen LogP contribution is -2.38. The molecule has 0 aromatic rings. The Labute approximate surface area is 843 Å². The average molecular weight is 1880 g/mol. The molecular formula is C125H269N3O4. The van der Waals surface area contributed by atoms with E-state index in [-0.39, 0.29) is 11.1 Å². The third kappa shape index (κ3) is 113.